The van der Waals surface area contributed by atoms with Crippen LogP contribution < -0.4 is 10.9 Å². The fraction of sp³-hybridized carbons (Fsp3) is 0.167. The summed E-state index contributed by atoms with van der Waals surface area (Å²) in [6.07, 6.45) is 2.94. The summed E-state index contributed by atoms with van der Waals surface area (Å²) in [5.41, 5.74) is 0.212. The van der Waals surface area contributed by atoms with Gasteiger partial charge < -0.3 is 5.32 Å². The van der Waals surface area contributed by atoms with Crippen LogP contribution in [0.4, 0.5) is 0 Å². The highest BCUT2D eigenvalue weighted by atomic mass is 32.2. The first-order valence-corrected chi connectivity index (χ1v) is 8.49. The molecule has 0 aliphatic rings. The molecule has 0 aliphatic carbocycles. The van der Waals surface area contributed by atoms with Gasteiger partial charge in [0, 0.05) is 29.1 Å². The van der Waals surface area contributed by atoms with Crippen molar-refractivity contribution in [3.05, 3.63) is 76.8 Å². The summed E-state index contributed by atoms with van der Waals surface area (Å²) in [4.78, 5) is 30.0. The zero-order chi connectivity index (χ0) is 16.9. The lowest BCUT2D eigenvalue weighted by Gasteiger charge is -2.12. The second-order valence-corrected chi connectivity index (χ2v) is 6.87. The maximum atomic E-state index is 12.4. The third-order valence-electron chi connectivity index (χ3n) is 3.49. The van der Waals surface area contributed by atoms with Crippen molar-refractivity contribution >= 4 is 23.3 Å². The maximum Gasteiger partial charge on any atom is 0.270 e. The number of thioether (sulfide) groups is 1. The van der Waals surface area contributed by atoms with Crippen LogP contribution in [0.25, 0.3) is 5.65 Å². The number of carbonyl (C=O) groups excluding carboxylic acids is 1. The molecule has 0 unspecified atom stereocenters. The Morgan fingerprint density at radius 1 is 1.21 bits per heavy atom. The van der Waals surface area contributed by atoms with Gasteiger partial charge in [0.05, 0.1) is 0 Å². The van der Waals surface area contributed by atoms with E-state index in [-0.39, 0.29) is 16.4 Å². The predicted molar refractivity (Wildman–Crippen MR) is 95.6 cm³/mol. The normalized spacial score (nSPS) is 12.0. The average Bonchev–Trinajstić information content (AvgIpc) is 2.61. The Morgan fingerprint density at radius 3 is 2.75 bits per heavy atom. The number of carbonyl (C=O) groups is 1. The quantitative estimate of drug-likeness (QED) is 0.726. The van der Waals surface area contributed by atoms with Crippen LogP contribution in [0.15, 0.2) is 70.6 Å². The number of aromatic nitrogens is 2. The van der Waals surface area contributed by atoms with Crippen molar-refractivity contribution in [2.75, 3.05) is 6.54 Å². The molecule has 5 nitrogen and oxygen atoms in total. The molecule has 1 aromatic carbocycles. The van der Waals surface area contributed by atoms with Crippen LogP contribution >= 0.6 is 11.8 Å². The van der Waals surface area contributed by atoms with Crippen LogP contribution in [0.5, 0.6) is 0 Å². The third-order valence-corrected chi connectivity index (χ3v) is 4.60. The largest absolute Gasteiger partial charge is 0.351 e. The van der Waals surface area contributed by atoms with Gasteiger partial charge in [-0.2, -0.15) is 0 Å². The molecule has 1 atom stereocenters. The highest BCUT2D eigenvalue weighted by molar-refractivity contribution is 8.00. The first kappa shape index (κ1) is 16.3. The summed E-state index contributed by atoms with van der Waals surface area (Å²) >= 11 is 1.67. The van der Waals surface area contributed by atoms with Gasteiger partial charge in [-0.25, -0.2) is 4.98 Å². The van der Waals surface area contributed by atoms with Crippen LogP contribution in [0, 0.1) is 0 Å². The molecule has 1 N–H and O–H groups in total. The molecule has 2 aromatic heterocycles. The van der Waals surface area contributed by atoms with Gasteiger partial charge in [-0.15, -0.1) is 11.8 Å². The van der Waals surface area contributed by atoms with E-state index < -0.39 is 5.91 Å². The molecule has 3 rings (SSSR count). The van der Waals surface area contributed by atoms with Gasteiger partial charge in [0.15, 0.2) is 0 Å². The average molecular weight is 339 g/mol. The number of pyridine rings is 1. The molecule has 0 fully saturated rings. The lowest BCUT2D eigenvalue weighted by Crippen LogP contribution is -2.34. The number of hydrogen-bond donors (Lipinski definition) is 1. The summed E-state index contributed by atoms with van der Waals surface area (Å²) in [5.74, 6) is -0.397. The smallest absolute Gasteiger partial charge is 0.270 e. The van der Waals surface area contributed by atoms with E-state index in [0.29, 0.717) is 12.2 Å². The summed E-state index contributed by atoms with van der Waals surface area (Å²) < 4.78 is 1.37. The van der Waals surface area contributed by atoms with Crippen LogP contribution in [0.3, 0.4) is 0 Å². The maximum absolute atomic E-state index is 12.4. The fourth-order valence-electron chi connectivity index (χ4n) is 2.29. The number of nitrogens with one attached hydrogen (secondary N) is 1. The Labute approximate surface area is 143 Å². The Hall–Kier alpha value is -2.60. The van der Waals surface area contributed by atoms with Crippen LogP contribution in [-0.4, -0.2) is 27.1 Å². The summed E-state index contributed by atoms with van der Waals surface area (Å²) in [6.45, 7) is 2.50. The molecule has 122 valence electrons. The minimum atomic E-state index is -0.397. The minimum absolute atomic E-state index is 0.0515. The molecule has 1 amide bonds. The first-order valence-electron chi connectivity index (χ1n) is 7.61. The molecular formula is C18H17N3O2S. The van der Waals surface area contributed by atoms with E-state index in [1.54, 1.807) is 36.2 Å². The molecular weight excluding hydrogens is 322 g/mol. The van der Waals surface area contributed by atoms with Crippen LogP contribution in [0.2, 0.25) is 0 Å². The summed E-state index contributed by atoms with van der Waals surface area (Å²) in [6, 6.07) is 15.2. The second-order valence-electron chi connectivity index (χ2n) is 5.36. The number of rotatable bonds is 5. The van der Waals surface area contributed by atoms with E-state index in [9.17, 15) is 9.59 Å². The van der Waals surface area contributed by atoms with Crippen molar-refractivity contribution in [3.63, 3.8) is 0 Å². The van der Waals surface area contributed by atoms with E-state index in [1.165, 1.54) is 10.6 Å². The third kappa shape index (κ3) is 3.65. The van der Waals surface area contributed by atoms with Crippen molar-refractivity contribution in [2.24, 2.45) is 0 Å². The van der Waals surface area contributed by atoms with E-state index in [0.717, 1.165) is 4.90 Å². The van der Waals surface area contributed by atoms with Crippen molar-refractivity contribution in [1.82, 2.24) is 14.7 Å². The predicted octanol–water partition coefficient (Wildman–Crippen LogP) is 2.61. The molecule has 6 heteroatoms. The molecule has 0 saturated heterocycles. The lowest BCUT2D eigenvalue weighted by molar-refractivity contribution is 0.0952. The van der Waals surface area contributed by atoms with Gasteiger partial charge in [-0.3, -0.25) is 14.0 Å². The Kier molecular flexibility index (Phi) is 4.96. The summed E-state index contributed by atoms with van der Waals surface area (Å²) in [5, 5.41) is 3.00. The highest BCUT2D eigenvalue weighted by Gasteiger charge is 2.14. The van der Waals surface area contributed by atoms with Gasteiger partial charge in [-0.05, 0) is 24.3 Å². The van der Waals surface area contributed by atoms with E-state index in [4.69, 9.17) is 0 Å². The molecule has 0 saturated carbocycles. The van der Waals surface area contributed by atoms with Crippen LogP contribution in [0.1, 0.15) is 17.3 Å². The Bertz CT molecular complexity index is 909. The van der Waals surface area contributed by atoms with E-state index in [2.05, 4.69) is 10.3 Å². The molecule has 0 spiro atoms. The van der Waals surface area contributed by atoms with Gasteiger partial charge in [0.1, 0.15) is 11.2 Å². The molecule has 0 aliphatic heterocycles. The monoisotopic (exact) mass is 339 g/mol. The highest BCUT2D eigenvalue weighted by Crippen LogP contribution is 2.21. The zero-order valence-corrected chi connectivity index (χ0v) is 14.0. The Morgan fingerprint density at radius 2 is 1.96 bits per heavy atom. The van der Waals surface area contributed by atoms with Gasteiger partial charge in [0.25, 0.3) is 11.5 Å². The van der Waals surface area contributed by atoms with Crippen molar-refractivity contribution in [1.29, 1.82) is 0 Å². The number of amides is 1. The first-order chi connectivity index (χ1) is 11.6. The second kappa shape index (κ2) is 7.31. The molecule has 24 heavy (non-hydrogen) atoms. The van der Waals surface area contributed by atoms with Crippen LogP contribution in [-0.2, 0) is 0 Å². The molecule has 2 heterocycles. The zero-order valence-electron chi connectivity index (χ0n) is 13.2. The standard InChI is InChI=1S/C18H17N3O2S/c1-13(24-14-7-3-2-4-8-14)11-20-17(22)15-12-19-16-9-5-6-10-21(16)18(15)23/h2-10,12-13H,11H2,1H3,(H,20,22)/t13-/m1/s1. The fourth-order valence-corrected chi connectivity index (χ4v) is 3.23. The molecule has 0 radical (unpaired) electrons. The minimum Gasteiger partial charge on any atom is -0.351 e. The van der Waals surface area contributed by atoms with Crippen molar-refractivity contribution in [2.45, 2.75) is 17.1 Å². The topological polar surface area (TPSA) is 63.5 Å². The van der Waals surface area contributed by atoms with Gasteiger partial charge in [0.2, 0.25) is 0 Å². The van der Waals surface area contributed by atoms with Gasteiger partial charge >= 0.3 is 0 Å². The number of nitrogens with zero attached hydrogens (tertiary/aromatic N) is 2. The SMILES string of the molecule is C[C@H](CNC(=O)c1cnc2ccccn2c1=O)Sc1ccccc1. The number of benzene rings is 1. The van der Waals surface area contributed by atoms with Gasteiger partial charge in [-0.1, -0.05) is 31.2 Å². The summed E-state index contributed by atoms with van der Waals surface area (Å²) in [7, 11) is 0. The number of fused-ring (bicyclic) bond motifs is 1. The van der Waals surface area contributed by atoms with E-state index in [1.807, 2.05) is 37.3 Å². The molecule has 0 bridgehead atoms. The number of hydrogen-bond acceptors (Lipinski definition) is 4. The molecule has 3 aromatic rings. The van der Waals surface area contributed by atoms with E-state index >= 15 is 0 Å². The van der Waals surface area contributed by atoms with Crippen molar-refractivity contribution in [3.8, 4) is 0 Å². The lowest BCUT2D eigenvalue weighted by atomic mass is 10.3. The Balaban J connectivity index is 1.67. The van der Waals surface area contributed by atoms with Crippen molar-refractivity contribution < 1.29 is 4.79 Å².